The molecule has 1 aliphatic rings. The van der Waals surface area contributed by atoms with Crippen LogP contribution in [-0.2, 0) is 33.3 Å². The zero-order valence-corrected chi connectivity index (χ0v) is 12.2. The molecule has 1 rings (SSSR count). The molecule has 1 saturated heterocycles. The van der Waals surface area contributed by atoms with Gasteiger partial charge in [0.2, 0.25) is 6.29 Å². The number of hydrogen-bond donors (Lipinski definition) is 0. The molecule has 1 aliphatic heterocycles. The van der Waals surface area contributed by atoms with E-state index in [4.69, 9.17) is 18.9 Å². The maximum Gasteiger partial charge on any atom is 0.304 e. The molecule has 0 spiro atoms. The van der Waals surface area contributed by atoms with Crippen molar-refractivity contribution in [2.24, 2.45) is 5.92 Å². The Morgan fingerprint density at radius 3 is 1.70 bits per heavy atom. The van der Waals surface area contributed by atoms with Crippen LogP contribution in [0.25, 0.3) is 0 Å². The molecule has 0 radical (unpaired) electrons. The van der Waals surface area contributed by atoms with Crippen molar-refractivity contribution in [3.8, 4) is 0 Å². The lowest BCUT2D eigenvalue weighted by Crippen LogP contribution is -2.56. The number of hydrogen-bond acceptors (Lipinski definition) is 7. The van der Waals surface area contributed by atoms with Crippen molar-refractivity contribution in [3.05, 3.63) is 0 Å². The van der Waals surface area contributed by atoms with Gasteiger partial charge in [-0.15, -0.1) is 0 Å². The van der Waals surface area contributed by atoms with Gasteiger partial charge in [0, 0.05) is 20.8 Å². The largest absolute Gasteiger partial charge is 0.458 e. The fraction of sp³-hybridized carbons (Fsp3) is 0.769. The lowest BCUT2D eigenvalue weighted by Gasteiger charge is -2.42. The third-order valence-corrected chi connectivity index (χ3v) is 2.97. The Balaban J connectivity index is 2.93. The minimum Gasteiger partial charge on any atom is -0.458 e. The average Bonchev–Trinajstić information content (AvgIpc) is 2.28. The third-order valence-electron chi connectivity index (χ3n) is 2.97. The molecule has 114 valence electrons. The number of esters is 3. The van der Waals surface area contributed by atoms with Crippen molar-refractivity contribution in [2.75, 3.05) is 0 Å². The van der Waals surface area contributed by atoms with E-state index < -0.39 is 48.4 Å². The molecule has 0 amide bonds. The first kappa shape index (κ1) is 16.4. The van der Waals surface area contributed by atoms with Crippen LogP contribution in [0.3, 0.4) is 0 Å². The van der Waals surface area contributed by atoms with Gasteiger partial charge in [-0.05, 0) is 6.92 Å². The summed E-state index contributed by atoms with van der Waals surface area (Å²) in [7, 11) is 0. The van der Waals surface area contributed by atoms with Crippen LogP contribution in [0, 0.1) is 5.92 Å². The molecule has 0 aliphatic carbocycles. The standard InChI is InChI=1S/C13H20O7/c1-6-11(18-8(3)14)12(19-9(4)15)7(2)17-13(6)20-10(5)16/h6-7,11-13H,1-5H3/t6-,7-,11-,12-,13?/m0/s1. The summed E-state index contributed by atoms with van der Waals surface area (Å²) in [5.74, 6) is -1.96. The first-order valence-corrected chi connectivity index (χ1v) is 6.39. The van der Waals surface area contributed by atoms with Crippen LogP contribution in [0.5, 0.6) is 0 Å². The predicted octanol–water partition coefficient (Wildman–Crippen LogP) is 0.794. The van der Waals surface area contributed by atoms with E-state index >= 15 is 0 Å². The molecular weight excluding hydrogens is 268 g/mol. The summed E-state index contributed by atoms with van der Waals surface area (Å²) in [6.45, 7) is 7.15. The number of ether oxygens (including phenoxy) is 4. The van der Waals surface area contributed by atoms with E-state index in [1.165, 1.54) is 20.8 Å². The van der Waals surface area contributed by atoms with Gasteiger partial charge in [-0.25, -0.2) is 0 Å². The summed E-state index contributed by atoms with van der Waals surface area (Å²) in [4.78, 5) is 33.4. The van der Waals surface area contributed by atoms with Crippen LogP contribution >= 0.6 is 0 Å². The van der Waals surface area contributed by atoms with E-state index in [1.807, 2.05) is 0 Å². The zero-order valence-electron chi connectivity index (χ0n) is 12.2. The second-order valence-corrected chi connectivity index (χ2v) is 4.83. The fourth-order valence-corrected chi connectivity index (χ4v) is 2.15. The fourth-order valence-electron chi connectivity index (χ4n) is 2.15. The SMILES string of the molecule is CC(=O)OC1O[C@@H](C)[C@H](OC(C)=O)[C@@H](OC(C)=O)[C@@H]1C. The van der Waals surface area contributed by atoms with Gasteiger partial charge in [0.1, 0.15) is 6.10 Å². The van der Waals surface area contributed by atoms with Gasteiger partial charge in [-0.3, -0.25) is 14.4 Å². The summed E-state index contributed by atoms with van der Waals surface area (Å²) in [6, 6.07) is 0. The van der Waals surface area contributed by atoms with E-state index in [-0.39, 0.29) is 0 Å². The molecule has 0 saturated carbocycles. The highest BCUT2D eigenvalue weighted by Crippen LogP contribution is 2.31. The van der Waals surface area contributed by atoms with E-state index in [9.17, 15) is 14.4 Å². The average molecular weight is 288 g/mol. The van der Waals surface area contributed by atoms with Crippen LogP contribution in [0.2, 0.25) is 0 Å². The van der Waals surface area contributed by atoms with E-state index in [1.54, 1.807) is 13.8 Å². The van der Waals surface area contributed by atoms with E-state index in [0.29, 0.717) is 0 Å². The summed E-state index contributed by atoms with van der Waals surface area (Å²) in [5.41, 5.74) is 0. The number of rotatable bonds is 3. The highest BCUT2D eigenvalue weighted by Gasteiger charge is 2.47. The highest BCUT2D eigenvalue weighted by atomic mass is 16.7. The maximum absolute atomic E-state index is 11.2. The molecule has 0 N–H and O–H groups in total. The van der Waals surface area contributed by atoms with Gasteiger partial charge in [0.25, 0.3) is 0 Å². The summed E-state index contributed by atoms with van der Waals surface area (Å²) < 4.78 is 20.9. The molecule has 1 unspecified atom stereocenters. The lowest BCUT2D eigenvalue weighted by atomic mass is 9.92. The minimum absolute atomic E-state index is 0.455. The molecule has 5 atom stereocenters. The van der Waals surface area contributed by atoms with Gasteiger partial charge in [-0.2, -0.15) is 0 Å². The predicted molar refractivity (Wildman–Crippen MR) is 66.4 cm³/mol. The van der Waals surface area contributed by atoms with Crippen LogP contribution < -0.4 is 0 Å². The Labute approximate surface area is 117 Å². The molecule has 7 nitrogen and oxygen atoms in total. The van der Waals surface area contributed by atoms with Crippen LogP contribution in [0.15, 0.2) is 0 Å². The smallest absolute Gasteiger partial charge is 0.304 e. The molecule has 0 aromatic heterocycles. The monoisotopic (exact) mass is 288 g/mol. The van der Waals surface area contributed by atoms with Gasteiger partial charge in [0.15, 0.2) is 6.10 Å². The van der Waals surface area contributed by atoms with E-state index in [2.05, 4.69) is 0 Å². The van der Waals surface area contributed by atoms with Gasteiger partial charge in [0.05, 0.1) is 12.0 Å². The van der Waals surface area contributed by atoms with Crippen molar-refractivity contribution in [1.82, 2.24) is 0 Å². The van der Waals surface area contributed by atoms with Crippen LogP contribution in [0.4, 0.5) is 0 Å². The molecule has 1 heterocycles. The molecule has 1 fully saturated rings. The van der Waals surface area contributed by atoms with E-state index in [0.717, 1.165) is 0 Å². The Morgan fingerprint density at radius 1 is 0.800 bits per heavy atom. The number of carbonyl (C=O) groups excluding carboxylic acids is 3. The lowest BCUT2D eigenvalue weighted by molar-refractivity contribution is -0.271. The van der Waals surface area contributed by atoms with Gasteiger partial charge < -0.3 is 18.9 Å². The first-order valence-electron chi connectivity index (χ1n) is 6.39. The van der Waals surface area contributed by atoms with Crippen molar-refractivity contribution < 1.29 is 33.3 Å². The summed E-state index contributed by atoms with van der Waals surface area (Å²) >= 11 is 0. The second-order valence-electron chi connectivity index (χ2n) is 4.83. The van der Waals surface area contributed by atoms with Crippen molar-refractivity contribution in [1.29, 1.82) is 0 Å². The van der Waals surface area contributed by atoms with Crippen molar-refractivity contribution >= 4 is 17.9 Å². The quantitative estimate of drug-likeness (QED) is 0.560. The summed E-state index contributed by atoms with van der Waals surface area (Å²) in [6.07, 6.45) is -2.88. The molecule has 0 aromatic carbocycles. The normalized spacial score (nSPS) is 33.1. The molecular formula is C13H20O7. The van der Waals surface area contributed by atoms with Crippen LogP contribution in [0.1, 0.15) is 34.6 Å². The third kappa shape index (κ3) is 4.19. The van der Waals surface area contributed by atoms with Crippen molar-refractivity contribution in [2.45, 2.75) is 59.2 Å². The molecule has 7 heteroatoms. The summed E-state index contributed by atoms with van der Waals surface area (Å²) in [5, 5.41) is 0. The molecule has 0 aromatic rings. The minimum atomic E-state index is -0.848. The van der Waals surface area contributed by atoms with Gasteiger partial charge >= 0.3 is 17.9 Å². The van der Waals surface area contributed by atoms with Crippen molar-refractivity contribution in [3.63, 3.8) is 0 Å². The first-order chi connectivity index (χ1) is 9.22. The zero-order chi connectivity index (χ0) is 15.4. The topological polar surface area (TPSA) is 88.1 Å². The Bertz CT molecular complexity index is 392. The Morgan fingerprint density at radius 2 is 1.25 bits per heavy atom. The van der Waals surface area contributed by atoms with Crippen LogP contribution in [-0.4, -0.2) is 42.5 Å². The Kier molecular flexibility index (Phi) is 5.50. The molecule has 20 heavy (non-hydrogen) atoms. The molecule has 0 bridgehead atoms. The maximum atomic E-state index is 11.2. The van der Waals surface area contributed by atoms with Gasteiger partial charge in [-0.1, -0.05) is 6.92 Å². The number of carbonyl (C=O) groups is 3. The second kappa shape index (κ2) is 6.69. The Hall–Kier alpha value is -1.63. The highest BCUT2D eigenvalue weighted by molar-refractivity contribution is 5.67.